The minimum atomic E-state index is 0.00436. The summed E-state index contributed by atoms with van der Waals surface area (Å²) in [7, 11) is 3.47. The van der Waals surface area contributed by atoms with E-state index in [0.717, 1.165) is 16.9 Å². The highest BCUT2D eigenvalue weighted by atomic mass is 16.5. The average Bonchev–Trinajstić information content (AvgIpc) is 2.53. The summed E-state index contributed by atoms with van der Waals surface area (Å²) in [4.78, 5) is 14.3. The molecule has 0 aromatic heterocycles. The number of carbonyl (C=O) groups is 1. The summed E-state index contributed by atoms with van der Waals surface area (Å²) < 4.78 is 5.16. The number of amides is 1. The summed E-state index contributed by atoms with van der Waals surface area (Å²) >= 11 is 0. The van der Waals surface area contributed by atoms with Crippen LogP contribution in [0.1, 0.15) is 34.5 Å². The normalized spacial score (nSPS) is 11.8. The minimum absolute atomic E-state index is 0.00436. The molecule has 0 saturated carbocycles. The zero-order valence-electron chi connectivity index (χ0n) is 13.0. The van der Waals surface area contributed by atoms with E-state index in [2.05, 4.69) is 0 Å². The quantitative estimate of drug-likeness (QED) is 0.853. The first-order valence-corrected chi connectivity index (χ1v) is 7.00. The van der Waals surface area contributed by atoms with Gasteiger partial charge in [0.05, 0.1) is 13.2 Å². The van der Waals surface area contributed by atoms with Crippen LogP contribution in [0.15, 0.2) is 48.5 Å². The largest absolute Gasteiger partial charge is 0.497 e. The highest BCUT2D eigenvalue weighted by molar-refractivity contribution is 5.94. The van der Waals surface area contributed by atoms with Gasteiger partial charge in [0.15, 0.2) is 0 Å². The Balaban J connectivity index is 2.15. The molecule has 1 unspecified atom stereocenters. The number of hydrogen-bond acceptors (Lipinski definition) is 2. The average molecular weight is 283 g/mol. The van der Waals surface area contributed by atoms with Gasteiger partial charge in [0.25, 0.3) is 5.91 Å². The number of aryl methyl sites for hydroxylation is 1. The van der Waals surface area contributed by atoms with Crippen molar-refractivity contribution in [1.29, 1.82) is 0 Å². The zero-order chi connectivity index (χ0) is 15.4. The van der Waals surface area contributed by atoms with Gasteiger partial charge in [0, 0.05) is 12.6 Å². The van der Waals surface area contributed by atoms with Crippen LogP contribution in [0.2, 0.25) is 0 Å². The molecule has 21 heavy (non-hydrogen) atoms. The van der Waals surface area contributed by atoms with Crippen LogP contribution >= 0.6 is 0 Å². The highest BCUT2D eigenvalue weighted by Gasteiger charge is 2.18. The summed E-state index contributed by atoms with van der Waals surface area (Å²) in [6.45, 7) is 4.03. The van der Waals surface area contributed by atoms with Crippen LogP contribution in [0, 0.1) is 6.92 Å². The first kappa shape index (κ1) is 15.1. The number of benzene rings is 2. The molecule has 1 amide bonds. The molecule has 110 valence electrons. The summed E-state index contributed by atoms with van der Waals surface area (Å²) in [5.41, 5.74) is 2.94. The number of nitrogens with zero attached hydrogens (tertiary/aromatic N) is 1. The first-order chi connectivity index (χ1) is 10.0. The minimum Gasteiger partial charge on any atom is -0.497 e. The van der Waals surface area contributed by atoms with E-state index in [-0.39, 0.29) is 11.9 Å². The third-order valence-corrected chi connectivity index (χ3v) is 3.80. The fraction of sp³-hybridized carbons (Fsp3) is 0.278. The lowest BCUT2D eigenvalue weighted by atomic mass is 10.1. The van der Waals surface area contributed by atoms with Crippen LogP contribution in [-0.4, -0.2) is 25.0 Å². The number of carbonyl (C=O) groups excluding carboxylic acids is 1. The van der Waals surface area contributed by atoms with Crippen LogP contribution in [0.25, 0.3) is 0 Å². The fourth-order valence-electron chi connectivity index (χ4n) is 2.18. The molecule has 0 aliphatic rings. The van der Waals surface area contributed by atoms with E-state index in [1.165, 1.54) is 0 Å². The molecule has 0 radical (unpaired) electrons. The van der Waals surface area contributed by atoms with Gasteiger partial charge < -0.3 is 9.64 Å². The van der Waals surface area contributed by atoms with Gasteiger partial charge in [-0.3, -0.25) is 4.79 Å². The Labute approximate surface area is 126 Å². The molecule has 1 atom stereocenters. The molecule has 0 N–H and O–H groups in total. The number of hydrogen-bond donors (Lipinski definition) is 0. The summed E-state index contributed by atoms with van der Waals surface area (Å²) in [6, 6.07) is 15.5. The molecule has 2 aromatic carbocycles. The topological polar surface area (TPSA) is 29.5 Å². The van der Waals surface area contributed by atoms with Gasteiger partial charge in [0.1, 0.15) is 5.75 Å². The van der Waals surface area contributed by atoms with Crippen molar-refractivity contribution >= 4 is 5.91 Å². The Morgan fingerprint density at radius 3 is 2.14 bits per heavy atom. The number of methoxy groups -OCH3 is 1. The molecule has 0 saturated heterocycles. The van der Waals surface area contributed by atoms with Crippen LogP contribution in [0.5, 0.6) is 5.75 Å². The van der Waals surface area contributed by atoms with Gasteiger partial charge in [-0.2, -0.15) is 0 Å². The van der Waals surface area contributed by atoms with E-state index in [9.17, 15) is 4.79 Å². The SMILES string of the molecule is COc1ccc(C(C)N(C)C(=O)c2ccc(C)cc2)cc1. The van der Waals surface area contributed by atoms with E-state index in [1.807, 2.05) is 69.4 Å². The van der Waals surface area contributed by atoms with E-state index >= 15 is 0 Å². The Kier molecular flexibility index (Phi) is 4.63. The number of ether oxygens (including phenoxy) is 1. The second-order valence-corrected chi connectivity index (χ2v) is 5.23. The molecule has 0 aliphatic carbocycles. The maximum Gasteiger partial charge on any atom is 0.254 e. The van der Waals surface area contributed by atoms with Crippen LogP contribution in [0.4, 0.5) is 0 Å². The van der Waals surface area contributed by atoms with Crippen molar-refractivity contribution in [3.8, 4) is 5.75 Å². The third kappa shape index (κ3) is 3.43. The van der Waals surface area contributed by atoms with Gasteiger partial charge in [-0.05, 0) is 43.7 Å². The molecule has 2 rings (SSSR count). The van der Waals surface area contributed by atoms with Crippen molar-refractivity contribution < 1.29 is 9.53 Å². The molecule has 0 aliphatic heterocycles. The summed E-state index contributed by atoms with van der Waals surface area (Å²) in [5, 5.41) is 0. The predicted octanol–water partition coefficient (Wildman–Crippen LogP) is 3.84. The van der Waals surface area contributed by atoms with Crippen molar-refractivity contribution in [3.05, 3.63) is 65.2 Å². The molecular formula is C18H21NO2. The zero-order valence-corrected chi connectivity index (χ0v) is 13.0. The molecule has 2 aromatic rings. The lowest BCUT2D eigenvalue weighted by Crippen LogP contribution is -2.29. The lowest BCUT2D eigenvalue weighted by molar-refractivity contribution is 0.0742. The van der Waals surface area contributed by atoms with Gasteiger partial charge >= 0.3 is 0 Å². The summed E-state index contributed by atoms with van der Waals surface area (Å²) in [6.07, 6.45) is 0. The predicted molar refractivity (Wildman–Crippen MR) is 84.7 cm³/mol. The highest BCUT2D eigenvalue weighted by Crippen LogP contribution is 2.23. The lowest BCUT2D eigenvalue weighted by Gasteiger charge is -2.25. The maximum atomic E-state index is 12.5. The van der Waals surface area contributed by atoms with E-state index < -0.39 is 0 Å². The molecule has 3 nitrogen and oxygen atoms in total. The van der Waals surface area contributed by atoms with Crippen LogP contribution < -0.4 is 4.74 Å². The van der Waals surface area contributed by atoms with Crippen molar-refractivity contribution in [2.24, 2.45) is 0 Å². The van der Waals surface area contributed by atoms with E-state index in [1.54, 1.807) is 12.0 Å². The van der Waals surface area contributed by atoms with E-state index in [4.69, 9.17) is 4.74 Å². The fourth-order valence-corrected chi connectivity index (χ4v) is 2.18. The van der Waals surface area contributed by atoms with Crippen molar-refractivity contribution in [2.45, 2.75) is 19.9 Å². The maximum absolute atomic E-state index is 12.5. The number of rotatable bonds is 4. The smallest absolute Gasteiger partial charge is 0.254 e. The Bertz CT molecular complexity index is 602. The van der Waals surface area contributed by atoms with Crippen LogP contribution in [-0.2, 0) is 0 Å². The van der Waals surface area contributed by atoms with Gasteiger partial charge in [-0.25, -0.2) is 0 Å². The second-order valence-electron chi connectivity index (χ2n) is 5.23. The monoisotopic (exact) mass is 283 g/mol. The summed E-state index contributed by atoms with van der Waals surface area (Å²) in [5.74, 6) is 0.844. The van der Waals surface area contributed by atoms with Gasteiger partial charge in [-0.15, -0.1) is 0 Å². The molecular weight excluding hydrogens is 262 g/mol. The Hall–Kier alpha value is -2.29. The van der Waals surface area contributed by atoms with Crippen LogP contribution in [0.3, 0.4) is 0 Å². The van der Waals surface area contributed by atoms with E-state index in [0.29, 0.717) is 5.56 Å². The molecule has 0 fully saturated rings. The standard InChI is InChI=1S/C18H21NO2/c1-13-5-7-16(8-6-13)18(20)19(3)14(2)15-9-11-17(21-4)12-10-15/h5-12,14H,1-4H3. The molecule has 0 bridgehead atoms. The molecule has 0 spiro atoms. The Morgan fingerprint density at radius 1 is 1.05 bits per heavy atom. The third-order valence-electron chi connectivity index (χ3n) is 3.80. The van der Waals surface area contributed by atoms with Gasteiger partial charge in [-0.1, -0.05) is 29.8 Å². The van der Waals surface area contributed by atoms with Crippen molar-refractivity contribution in [2.75, 3.05) is 14.2 Å². The molecule has 0 heterocycles. The Morgan fingerprint density at radius 2 is 1.62 bits per heavy atom. The first-order valence-electron chi connectivity index (χ1n) is 7.00. The van der Waals surface area contributed by atoms with Gasteiger partial charge in [0.2, 0.25) is 0 Å². The second kappa shape index (κ2) is 6.44. The molecule has 3 heteroatoms. The van der Waals surface area contributed by atoms with Crippen molar-refractivity contribution in [3.63, 3.8) is 0 Å². The van der Waals surface area contributed by atoms with Crippen molar-refractivity contribution in [1.82, 2.24) is 4.90 Å².